The van der Waals surface area contributed by atoms with Crippen LogP contribution in [0.5, 0.6) is 0 Å². The summed E-state index contributed by atoms with van der Waals surface area (Å²) < 4.78 is 13.2. The van der Waals surface area contributed by atoms with Crippen molar-refractivity contribution in [1.29, 1.82) is 0 Å². The normalized spacial score (nSPS) is 13.8. The van der Waals surface area contributed by atoms with E-state index < -0.39 is 11.9 Å². The van der Waals surface area contributed by atoms with Gasteiger partial charge in [0, 0.05) is 17.5 Å². The molecule has 1 atom stereocenters. The third-order valence-corrected chi connectivity index (χ3v) is 4.60. The second-order valence-electron chi connectivity index (χ2n) is 6.42. The van der Waals surface area contributed by atoms with Gasteiger partial charge in [-0.15, -0.1) is 0 Å². The SMILES string of the molecule is NC(=O)C(Nc1nc(-c2ccccn2)nc2c1CCC2)c1ccc(F)cc1. The molecule has 0 saturated heterocycles. The molecule has 0 radical (unpaired) electrons. The highest BCUT2D eigenvalue weighted by Crippen LogP contribution is 2.31. The minimum atomic E-state index is -0.818. The van der Waals surface area contributed by atoms with Crippen LogP contribution in [-0.4, -0.2) is 20.9 Å². The van der Waals surface area contributed by atoms with Crippen LogP contribution in [0.4, 0.5) is 10.2 Å². The van der Waals surface area contributed by atoms with E-state index in [2.05, 4.69) is 20.3 Å². The topological polar surface area (TPSA) is 93.8 Å². The van der Waals surface area contributed by atoms with Gasteiger partial charge in [0.15, 0.2) is 5.82 Å². The number of primary amides is 1. The van der Waals surface area contributed by atoms with E-state index in [1.807, 2.05) is 18.2 Å². The number of carbonyl (C=O) groups is 1. The van der Waals surface area contributed by atoms with Crippen LogP contribution in [0.1, 0.15) is 29.3 Å². The molecule has 7 heteroatoms. The van der Waals surface area contributed by atoms with Crippen molar-refractivity contribution in [2.75, 3.05) is 5.32 Å². The zero-order valence-corrected chi connectivity index (χ0v) is 14.5. The summed E-state index contributed by atoms with van der Waals surface area (Å²) in [5, 5.41) is 3.15. The average Bonchev–Trinajstić information content (AvgIpc) is 3.16. The molecule has 0 bridgehead atoms. The second kappa shape index (κ2) is 7.11. The van der Waals surface area contributed by atoms with E-state index >= 15 is 0 Å². The summed E-state index contributed by atoms with van der Waals surface area (Å²) in [6, 6.07) is 10.4. The van der Waals surface area contributed by atoms with Crippen LogP contribution in [0.25, 0.3) is 11.5 Å². The Morgan fingerprint density at radius 2 is 1.93 bits per heavy atom. The van der Waals surface area contributed by atoms with Crippen LogP contribution < -0.4 is 11.1 Å². The summed E-state index contributed by atoms with van der Waals surface area (Å²) in [4.78, 5) is 25.6. The predicted octanol–water partition coefficient (Wildman–Crippen LogP) is 2.80. The largest absolute Gasteiger partial charge is 0.368 e. The van der Waals surface area contributed by atoms with E-state index in [1.165, 1.54) is 12.1 Å². The number of hydrogen-bond donors (Lipinski definition) is 2. The fourth-order valence-electron chi connectivity index (χ4n) is 3.27. The maximum atomic E-state index is 13.2. The molecule has 1 aliphatic rings. The zero-order valence-electron chi connectivity index (χ0n) is 14.5. The Bertz CT molecular complexity index is 976. The highest BCUT2D eigenvalue weighted by molar-refractivity contribution is 5.84. The maximum Gasteiger partial charge on any atom is 0.244 e. The van der Waals surface area contributed by atoms with Gasteiger partial charge >= 0.3 is 0 Å². The first-order valence-corrected chi connectivity index (χ1v) is 8.74. The summed E-state index contributed by atoms with van der Waals surface area (Å²) in [5.74, 6) is 0.140. The monoisotopic (exact) mass is 363 g/mol. The summed E-state index contributed by atoms with van der Waals surface area (Å²) in [5.41, 5.74) is 8.78. The number of amides is 1. The van der Waals surface area contributed by atoms with Crippen molar-refractivity contribution >= 4 is 11.7 Å². The first kappa shape index (κ1) is 17.1. The van der Waals surface area contributed by atoms with Gasteiger partial charge in [0.05, 0.1) is 0 Å². The molecule has 0 spiro atoms. The van der Waals surface area contributed by atoms with Crippen LogP contribution in [0.2, 0.25) is 0 Å². The van der Waals surface area contributed by atoms with Crippen molar-refractivity contribution in [1.82, 2.24) is 15.0 Å². The standard InChI is InChI=1S/C20H18FN5O/c21-13-9-7-12(8-10-13)17(18(22)27)25-19-14-4-3-6-15(14)24-20(26-19)16-5-1-2-11-23-16/h1-2,5,7-11,17H,3-4,6H2,(H2,22,27)(H,24,25,26). The quantitative estimate of drug-likeness (QED) is 0.727. The highest BCUT2D eigenvalue weighted by atomic mass is 19.1. The molecule has 1 amide bonds. The number of halogens is 1. The van der Waals surface area contributed by atoms with Gasteiger partial charge in [-0.25, -0.2) is 14.4 Å². The van der Waals surface area contributed by atoms with Gasteiger partial charge in [0.1, 0.15) is 23.4 Å². The number of rotatable bonds is 5. The van der Waals surface area contributed by atoms with E-state index in [9.17, 15) is 9.18 Å². The first-order valence-electron chi connectivity index (χ1n) is 8.74. The van der Waals surface area contributed by atoms with Crippen LogP contribution in [0.15, 0.2) is 48.7 Å². The van der Waals surface area contributed by atoms with Crippen LogP contribution >= 0.6 is 0 Å². The maximum absolute atomic E-state index is 13.2. The molecule has 1 aliphatic carbocycles. The molecule has 27 heavy (non-hydrogen) atoms. The lowest BCUT2D eigenvalue weighted by Crippen LogP contribution is -2.28. The number of nitrogens with zero attached hydrogens (tertiary/aromatic N) is 3. The summed E-state index contributed by atoms with van der Waals surface area (Å²) in [6.45, 7) is 0. The molecule has 6 nitrogen and oxygen atoms in total. The lowest BCUT2D eigenvalue weighted by Gasteiger charge is -2.19. The number of anilines is 1. The number of pyridine rings is 1. The average molecular weight is 363 g/mol. The lowest BCUT2D eigenvalue weighted by molar-refractivity contribution is -0.118. The van der Waals surface area contributed by atoms with Gasteiger partial charge in [0.2, 0.25) is 5.91 Å². The lowest BCUT2D eigenvalue weighted by atomic mass is 10.1. The molecule has 0 fully saturated rings. The Hall–Kier alpha value is -3.35. The Labute approximate surface area is 155 Å². The number of carbonyl (C=O) groups excluding carboxylic acids is 1. The number of benzene rings is 1. The number of hydrogen-bond acceptors (Lipinski definition) is 5. The molecule has 136 valence electrons. The van der Waals surface area contributed by atoms with Crippen molar-refractivity contribution in [3.05, 3.63) is 71.3 Å². The molecule has 4 rings (SSSR count). The van der Waals surface area contributed by atoms with Gasteiger partial charge in [-0.05, 0) is 49.1 Å². The van der Waals surface area contributed by atoms with Crippen molar-refractivity contribution in [2.45, 2.75) is 25.3 Å². The number of aryl methyl sites for hydroxylation is 1. The van der Waals surface area contributed by atoms with E-state index in [0.29, 0.717) is 22.9 Å². The van der Waals surface area contributed by atoms with Crippen LogP contribution in [-0.2, 0) is 17.6 Å². The summed E-state index contributed by atoms with van der Waals surface area (Å²) in [7, 11) is 0. The minimum Gasteiger partial charge on any atom is -0.368 e. The number of nitrogens with two attached hydrogens (primary N) is 1. The third-order valence-electron chi connectivity index (χ3n) is 4.60. The van der Waals surface area contributed by atoms with Crippen LogP contribution in [0, 0.1) is 5.82 Å². The molecule has 2 heterocycles. The minimum absolute atomic E-state index is 0.373. The van der Waals surface area contributed by atoms with Crippen molar-refractivity contribution < 1.29 is 9.18 Å². The van der Waals surface area contributed by atoms with Gasteiger partial charge in [0.25, 0.3) is 0 Å². The second-order valence-corrected chi connectivity index (χ2v) is 6.42. The molecule has 0 aliphatic heterocycles. The molecular formula is C20H18FN5O. The van der Waals surface area contributed by atoms with Crippen LogP contribution in [0.3, 0.4) is 0 Å². The Kier molecular flexibility index (Phi) is 4.50. The van der Waals surface area contributed by atoms with E-state index in [4.69, 9.17) is 5.73 Å². The molecule has 1 aromatic carbocycles. The Morgan fingerprint density at radius 3 is 2.63 bits per heavy atom. The zero-order chi connectivity index (χ0) is 18.8. The fraction of sp³-hybridized carbons (Fsp3) is 0.200. The van der Waals surface area contributed by atoms with E-state index in [1.54, 1.807) is 18.3 Å². The Balaban J connectivity index is 1.74. The molecule has 1 unspecified atom stereocenters. The van der Waals surface area contributed by atoms with Gasteiger partial charge < -0.3 is 11.1 Å². The van der Waals surface area contributed by atoms with Gasteiger partial charge in [-0.2, -0.15) is 0 Å². The van der Waals surface area contributed by atoms with E-state index in [-0.39, 0.29) is 5.82 Å². The molecular weight excluding hydrogens is 345 g/mol. The van der Waals surface area contributed by atoms with Gasteiger partial charge in [-0.1, -0.05) is 18.2 Å². The molecule has 3 N–H and O–H groups in total. The van der Waals surface area contributed by atoms with E-state index in [0.717, 1.165) is 30.5 Å². The third kappa shape index (κ3) is 3.48. The van der Waals surface area contributed by atoms with Gasteiger partial charge in [-0.3, -0.25) is 9.78 Å². The Morgan fingerprint density at radius 1 is 1.11 bits per heavy atom. The smallest absolute Gasteiger partial charge is 0.244 e. The number of aromatic nitrogens is 3. The van der Waals surface area contributed by atoms with Crippen molar-refractivity contribution in [2.24, 2.45) is 5.73 Å². The summed E-state index contributed by atoms with van der Waals surface area (Å²) in [6.07, 6.45) is 4.34. The van der Waals surface area contributed by atoms with Crippen molar-refractivity contribution in [3.8, 4) is 11.5 Å². The van der Waals surface area contributed by atoms with Crippen molar-refractivity contribution in [3.63, 3.8) is 0 Å². The number of fused-ring (bicyclic) bond motifs is 1. The molecule has 3 aromatic rings. The first-order chi connectivity index (χ1) is 13.1. The molecule has 2 aromatic heterocycles. The molecule has 0 saturated carbocycles. The number of nitrogens with one attached hydrogen (secondary N) is 1. The fourth-order valence-corrected chi connectivity index (χ4v) is 3.27. The summed E-state index contributed by atoms with van der Waals surface area (Å²) >= 11 is 0. The predicted molar refractivity (Wildman–Crippen MR) is 99.2 cm³/mol. The highest BCUT2D eigenvalue weighted by Gasteiger charge is 2.25.